The van der Waals surface area contributed by atoms with E-state index < -0.39 is 24.7 Å². The molecule has 0 unspecified atom stereocenters. The van der Waals surface area contributed by atoms with Crippen LogP contribution in [0.5, 0.6) is 23.0 Å². The fraction of sp³-hybridized carbons (Fsp3) is 0.381. The minimum Gasteiger partial charge on any atom is -0.496 e. The van der Waals surface area contributed by atoms with Crippen LogP contribution in [0.2, 0.25) is 0 Å². The molecule has 1 saturated heterocycles. The molecule has 0 radical (unpaired) electrons. The number of hydrogen-bond donors (Lipinski definition) is 1. The highest BCUT2D eigenvalue weighted by atomic mass is 19.4. The van der Waals surface area contributed by atoms with Gasteiger partial charge in [-0.1, -0.05) is 12.1 Å². The second kappa shape index (κ2) is 9.25. The molecule has 2 aromatic carbocycles. The van der Waals surface area contributed by atoms with E-state index in [2.05, 4.69) is 5.32 Å². The van der Waals surface area contributed by atoms with Gasteiger partial charge in [0.1, 0.15) is 29.5 Å². The fourth-order valence-electron chi connectivity index (χ4n) is 3.19. The molecule has 162 valence electrons. The van der Waals surface area contributed by atoms with Crippen LogP contribution in [0.3, 0.4) is 0 Å². The molecule has 30 heavy (non-hydrogen) atoms. The van der Waals surface area contributed by atoms with Gasteiger partial charge in [0.15, 0.2) is 0 Å². The molecular formula is C21H23F3N2O4. The molecule has 0 bridgehead atoms. The minimum absolute atomic E-state index is 0.104. The van der Waals surface area contributed by atoms with Gasteiger partial charge in [-0.2, -0.15) is 13.2 Å². The third-order valence-corrected chi connectivity index (χ3v) is 4.70. The number of ether oxygens (including phenoxy) is 3. The van der Waals surface area contributed by atoms with Crippen molar-refractivity contribution in [2.45, 2.75) is 25.2 Å². The average Bonchev–Trinajstić information content (AvgIpc) is 3.05. The van der Waals surface area contributed by atoms with Crippen molar-refractivity contribution < 1.29 is 32.2 Å². The zero-order valence-electron chi connectivity index (χ0n) is 16.7. The third-order valence-electron chi connectivity index (χ3n) is 4.70. The standard InChI is InChI=1S/C21H23F3N2O4/c1-28-16-9-17(29-2)11-18(10-16)30-15-5-3-14(4-6-15)12-25-19-7-8-26(20(19)27)13-21(22,23)24/h3-6,9-11,19,25H,7-8,12-13H2,1-2H3/t19-/m1/s1. The highest BCUT2D eigenvalue weighted by Crippen LogP contribution is 2.31. The lowest BCUT2D eigenvalue weighted by atomic mass is 10.2. The highest BCUT2D eigenvalue weighted by Gasteiger charge is 2.38. The van der Waals surface area contributed by atoms with Crippen LogP contribution in [-0.2, 0) is 11.3 Å². The molecule has 1 fully saturated rings. The smallest absolute Gasteiger partial charge is 0.406 e. The van der Waals surface area contributed by atoms with Gasteiger partial charge in [0, 0.05) is 31.3 Å². The van der Waals surface area contributed by atoms with Gasteiger partial charge in [-0.05, 0) is 24.1 Å². The number of methoxy groups -OCH3 is 2. The lowest BCUT2D eigenvalue weighted by molar-refractivity contribution is -0.158. The van der Waals surface area contributed by atoms with Gasteiger partial charge in [0.2, 0.25) is 5.91 Å². The van der Waals surface area contributed by atoms with Gasteiger partial charge in [-0.15, -0.1) is 0 Å². The van der Waals surface area contributed by atoms with Crippen molar-refractivity contribution >= 4 is 5.91 Å². The average molecular weight is 424 g/mol. The predicted octanol–water partition coefficient (Wildman–Crippen LogP) is 3.75. The Labute approximate surface area is 172 Å². The number of carbonyl (C=O) groups is 1. The first-order chi connectivity index (χ1) is 14.3. The molecule has 1 aliphatic rings. The SMILES string of the molecule is COc1cc(OC)cc(Oc2ccc(CN[C@@H]3CCN(CC(F)(F)F)C3=O)cc2)c1. The first kappa shape index (κ1) is 21.8. The Morgan fingerprint density at radius 1 is 1.00 bits per heavy atom. The quantitative estimate of drug-likeness (QED) is 0.700. The Hall–Kier alpha value is -2.94. The minimum atomic E-state index is -4.38. The van der Waals surface area contributed by atoms with E-state index in [1.54, 1.807) is 44.6 Å². The number of carbonyl (C=O) groups excluding carboxylic acids is 1. The maximum Gasteiger partial charge on any atom is 0.406 e. The number of nitrogens with zero attached hydrogens (tertiary/aromatic N) is 1. The lowest BCUT2D eigenvalue weighted by Crippen LogP contribution is -2.41. The summed E-state index contributed by atoms with van der Waals surface area (Å²) < 4.78 is 53.8. The van der Waals surface area contributed by atoms with Crippen molar-refractivity contribution in [1.29, 1.82) is 0 Å². The maximum absolute atomic E-state index is 12.5. The normalized spacial score (nSPS) is 16.6. The van der Waals surface area contributed by atoms with Crippen molar-refractivity contribution in [3.05, 3.63) is 48.0 Å². The number of rotatable bonds is 8. The lowest BCUT2D eigenvalue weighted by Gasteiger charge is -2.18. The molecule has 9 heteroatoms. The first-order valence-corrected chi connectivity index (χ1v) is 9.36. The Bertz CT molecular complexity index is 849. The molecule has 3 rings (SSSR count). The summed E-state index contributed by atoms with van der Waals surface area (Å²) in [5.74, 6) is 1.84. The summed E-state index contributed by atoms with van der Waals surface area (Å²) in [6.07, 6.45) is -4.03. The molecule has 0 aliphatic carbocycles. The van der Waals surface area contributed by atoms with Crippen molar-refractivity contribution in [3.63, 3.8) is 0 Å². The van der Waals surface area contributed by atoms with Gasteiger partial charge < -0.3 is 24.4 Å². The number of benzene rings is 2. The topological polar surface area (TPSA) is 60.0 Å². The van der Waals surface area contributed by atoms with E-state index in [1.165, 1.54) is 0 Å². The molecule has 1 heterocycles. The van der Waals surface area contributed by atoms with Crippen LogP contribution in [0, 0.1) is 0 Å². The number of hydrogen-bond acceptors (Lipinski definition) is 5. The van der Waals surface area contributed by atoms with E-state index in [-0.39, 0.29) is 6.54 Å². The van der Waals surface area contributed by atoms with Crippen molar-refractivity contribution in [3.8, 4) is 23.0 Å². The van der Waals surface area contributed by atoms with Crippen LogP contribution in [0.1, 0.15) is 12.0 Å². The van der Waals surface area contributed by atoms with E-state index in [9.17, 15) is 18.0 Å². The van der Waals surface area contributed by atoms with E-state index >= 15 is 0 Å². The largest absolute Gasteiger partial charge is 0.496 e. The number of nitrogens with one attached hydrogen (secondary N) is 1. The molecular weight excluding hydrogens is 401 g/mol. The summed E-state index contributed by atoms with van der Waals surface area (Å²) in [7, 11) is 3.11. The molecule has 1 aliphatic heterocycles. The van der Waals surface area contributed by atoms with Gasteiger partial charge >= 0.3 is 6.18 Å². The van der Waals surface area contributed by atoms with Gasteiger partial charge in [0.05, 0.1) is 20.3 Å². The molecule has 0 saturated carbocycles. The van der Waals surface area contributed by atoms with Gasteiger partial charge in [0.25, 0.3) is 0 Å². The van der Waals surface area contributed by atoms with Crippen molar-refractivity contribution in [1.82, 2.24) is 10.2 Å². The van der Waals surface area contributed by atoms with Crippen LogP contribution in [0.4, 0.5) is 13.2 Å². The number of halogens is 3. The number of alkyl halides is 3. The molecule has 0 aromatic heterocycles. The molecule has 2 aromatic rings. The van der Waals surface area contributed by atoms with Crippen molar-refractivity contribution in [2.24, 2.45) is 0 Å². The van der Waals surface area contributed by atoms with Gasteiger partial charge in [-0.25, -0.2) is 0 Å². The van der Waals surface area contributed by atoms with Crippen LogP contribution < -0.4 is 19.5 Å². The molecule has 1 N–H and O–H groups in total. The zero-order chi connectivity index (χ0) is 21.7. The highest BCUT2D eigenvalue weighted by molar-refractivity contribution is 5.84. The molecule has 1 atom stereocenters. The van der Waals surface area contributed by atoms with Crippen LogP contribution in [-0.4, -0.2) is 50.3 Å². The first-order valence-electron chi connectivity index (χ1n) is 9.36. The number of amides is 1. The summed E-state index contributed by atoms with van der Waals surface area (Å²) in [5.41, 5.74) is 0.882. The van der Waals surface area contributed by atoms with E-state index in [4.69, 9.17) is 14.2 Å². The monoisotopic (exact) mass is 424 g/mol. The summed E-state index contributed by atoms with van der Waals surface area (Å²) >= 11 is 0. The fourth-order valence-corrected chi connectivity index (χ4v) is 3.19. The summed E-state index contributed by atoms with van der Waals surface area (Å²) in [6.45, 7) is -0.735. The Morgan fingerprint density at radius 3 is 2.17 bits per heavy atom. The predicted molar refractivity (Wildman–Crippen MR) is 104 cm³/mol. The second-order valence-electron chi connectivity index (χ2n) is 6.89. The second-order valence-corrected chi connectivity index (χ2v) is 6.89. The van der Waals surface area contributed by atoms with Gasteiger partial charge in [-0.3, -0.25) is 4.79 Å². The number of likely N-dealkylation sites (tertiary alicyclic amines) is 1. The molecule has 6 nitrogen and oxygen atoms in total. The zero-order valence-corrected chi connectivity index (χ0v) is 16.7. The third kappa shape index (κ3) is 5.79. The van der Waals surface area contributed by atoms with Crippen LogP contribution >= 0.6 is 0 Å². The Morgan fingerprint density at radius 2 is 1.60 bits per heavy atom. The Balaban J connectivity index is 1.55. The van der Waals surface area contributed by atoms with E-state index in [0.29, 0.717) is 36.0 Å². The van der Waals surface area contributed by atoms with E-state index in [0.717, 1.165) is 10.5 Å². The molecule has 0 spiro atoms. The van der Waals surface area contributed by atoms with Crippen LogP contribution in [0.25, 0.3) is 0 Å². The Kier molecular flexibility index (Phi) is 6.71. The molecule has 1 amide bonds. The summed E-state index contributed by atoms with van der Waals surface area (Å²) in [5, 5.41) is 3.03. The van der Waals surface area contributed by atoms with Crippen LogP contribution in [0.15, 0.2) is 42.5 Å². The summed E-state index contributed by atoms with van der Waals surface area (Å²) in [6, 6.07) is 11.8. The van der Waals surface area contributed by atoms with E-state index in [1.807, 2.05) is 12.1 Å². The summed E-state index contributed by atoms with van der Waals surface area (Å²) in [4.78, 5) is 12.9. The van der Waals surface area contributed by atoms with Crippen molar-refractivity contribution in [2.75, 3.05) is 27.3 Å². The maximum atomic E-state index is 12.5.